The molecule has 0 spiro atoms. The molecule has 0 saturated heterocycles. The second-order valence-electron chi connectivity index (χ2n) is 23.4. The maximum Gasteiger partial charge on any atom is 0.306 e. The molecule has 0 saturated carbocycles. The molecule has 0 aliphatic carbocycles. The first kappa shape index (κ1) is 76.1. The molecule has 0 aliphatic rings. The van der Waals surface area contributed by atoms with Crippen LogP contribution < -0.4 is 0 Å². The van der Waals surface area contributed by atoms with Crippen LogP contribution in [0.25, 0.3) is 0 Å². The van der Waals surface area contributed by atoms with Crippen LogP contribution in [-0.4, -0.2) is 37.2 Å². The lowest BCUT2D eigenvalue weighted by Crippen LogP contribution is -2.30. The predicted molar refractivity (Wildman–Crippen MR) is 344 cm³/mol. The first-order valence-corrected chi connectivity index (χ1v) is 34.8. The van der Waals surface area contributed by atoms with Crippen molar-refractivity contribution in [1.29, 1.82) is 0 Å². The third-order valence-electron chi connectivity index (χ3n) is 15.5. The fourth-order valence-electron chi connectivity index (χ4n) is 10.3. The van der Waals surface area contributed by atoms with E-state index in [9.17, 15) is 14.4 Å². The molecule has 0 aliphatic heterocycles. The van der Waals surface area contributed by atoms with Crippen LogP contribution in [0.2, 0.25) is 0 Å². The van der Waals surface area contributed by atoms with Crippen molar-refractivity contribution in [3.8, 4) is 0 Å². The van der Waals surface area contributed by atoms with E-state index in [1.54, 1.807) is 0 Å². The number of allylic oxidation sites excluding steroid dienone is 10. The van der Waals surface area contributed by atoms with Gasteiger partial charge in [-0.25, -0.2) is 0 Å². The molecule has 6 nitrogen and oxygen atoms in total. The number of esters is 3. The number of carbonyl (C=O) groups is 3. The van der Waals surface area contributed by atoms with Crippen LogP contribution >= 0.6 is 0 Å². The van der Waals surface area contributed by atoms with Crippen molar-refractivity contribution in [1.82, 2.24) is 0 Å². The Morgan fingerprint density at radius 2 is 0.494 bits per heavy atom. The van der Waals surface area contributed by atoms with Crippen molar-refractivity contribution in [3.63, 3.8) is 0 Å². The van der Waals surface area contributed by atoms with E-state index in [1.807, 2.05) is 0 Å². The third kappa shape index (κ3) is 65.8. The maximum atomic E-state index is 12.9. The number of hydrogen-bond donors (Lipinski definition) is 0. The van der Waals surface area contributed by atoms with Crippen LogP contribution in [0.15, 0.2) is 60.8 Å². The summed E-state index contributed by atoms with van der Waals surface area (Å²) in [5, 5.41) is 0. The zero-order valence-corrected chi connectivity index (χ0v) is 52.9. The molecule has 0 rings (SSSR count). The quantitative estimate of drug-likeness (QED) is 0.0261. The molecular weight excluding hydrogens is 973 g/mol. The Bertz CT molecular complexity index is 1410. The smallest absolute Gasteiger partial charge is 0.306 e. The molecule has 0 fully saturated rings. The van der Waals surface area contributed by atoms with Crippen molar-refractivity contribution in [2.75, 3.05) is 13.2 Å². The third-order valence-corrected chi connectivity index (χ3v) is 15.5. The topological polar surface area (TPSA) is 78.9 Å². The first-order chi connectivity index (χ1) is 39.0. The van der Waals surface area contributed by atoms with Gasteiger partial charge in [0.2, 0.25) is 0 Å². The molecule has 79 heavy (non-hydrogen) atoms. The van der Waals surface area contributed by atoms with E-state index in [0.29, 0.717) is 19.3 Å². The second kappa shape index (κ2) is 67.6. The molecule has 1 unspecified atom stereocenters. The van der Waals surface area contributed by atoms with Gasteiger partial charge in [-0.2, -0.15) is 0 Å². The average molecular weight is 1110 g/mol. The minimum atomic E-state index is -0.774. The summed E-state index contributed by atoms with van der Waals surface area (Å²) in [5.74, 6) is -0.854. The highest BCUT2D eigenvalue weighted by Gasteiger charge is 2.19. The maximum absolute atomic E-state index is 12.9. The molecule has 0 aromatic carbocycles. The van der Waals surface area contributed by atoms with Gasteiger partial charge >= 0.3 is 17.9 Å². The van der Waals surface area contributed by atoms with E-state index >= 15 is 0 Å². The summed E-state index contributed by atoms with van der Waals surface area (Å²) in [6, 6.07) is 0. The SMILES string of the molecule is CC/C=C\C/C=C\C/C=C\C/C=C\CCCCCCCCCCCCCCCCCCCCC(=O)OCC(COC(=O)CCCCCCC/C=C\CCCCCCC)OC(=O)CCCCCCCCCCCCCCCCCC. The van der Waals surface area contributed by atoms with Crippen LogP contribution in [0.3, 0.4) is 0 Å². The van der Waals surface area contributed by atoms with Crippen LogP contribution in [0.1, 0.15) is 367 Å². The highest BCUT2D eigenvalue weighted by molar-refractivity contribution is 5.71. The Labute approximate surface area is 491 Å². The lowest BCUT2D eigenvalue weighted by molar-refractivity contribution is -0.167. The van der Waals surface area contributed by atoms with E-state index in [2.05, 4.69) is 81.5 Å². The molecule has 460 valence electrons. The van der Waals surface area contributed by atoms with Crippen molar-refractivity contribution >= 4 is 17.9 Å². The molecular formula is C73H132O6. The van der Waals surface area contributed by atoms with Gasteiger partial charge < -0.3 is 14.2 Å². The van der Waals surface area contributed by atoms with Crippen molar-refractivity contribution in [3.05, 3.63) is 60.8 Å². The van der Waals surface area contributed by atoms with E-state index in [-0.39, 0.29) is 31.1 Å². The minimum absolute atomic E-state index is 0.0707. The van der Waals surface area contributed by atoms with Crippen molar-refractivity contribution in [2.45, 2.75) is 374 Å². The number of carbonyl (C=O) groups excluding carboxylic acids is 3. The highest BCUT2D eigenvalue weighted by atomic mass is 16.6. The van der Waals surface area contributed by atoms with Crippen LogP contribution in [0, 0.1) is 0 Å². The number of rotatable bonds is 64. The fourth-order valence-corrected chi connectivity index (χ4v) is 10.3. The molecule has 0 heterocycles. The number of hydrogen-bond acceptors (Lipinski definition) is 6. The zero-order chi connectivity index (χ0) is 57.1. The summed E-state index contributed by atoms with van der Waals surface area (Å²) < 4.78 is 17.0. The van der Waals surface area contributed by atoms with E-state index in [1.165, 1.54) is 238 Å². The van der Waals surface area contributed by atoms with Gasteiger partial charge in [0.15, 0.2) is 6.10 Å². The summed E-state index contributed by atoms with van der Waals surface area (Å²) in [6.45, 7) is 6.57. The van der Waals surface area contributed by atoms with Gasteiger partial charge in [-0.15, -0.1) is 0 Å². The molecule has 1 atom stereocenters. The fraction of sp³-hybridized carbons (Fsp3) is 0.822. The molecule has 0 bridgehead atoms. The summed E-state index contributed by atoms with van der Waals surface area (Å²) in [4.78, 5) is 38.4. The highest BCUT2D eigenvalue weighted by Crippen LogP contribution is 2.18. The molecule has 6 heteroatoms. The Hall–Kier alpha value is -2.89. The molecule has 0 aromatic rings. The van der Waals surface area contributed by atoms with Gasteiger partial charge in [0.1, 0.15) is 13.2 Å². The predicted octanol–water partition coefficient (Wildman–Crippen LogP) is 23.9. The number of ether oxygens (including phenoxy) is 3. The molecule has 0 radical (unpaired) electrons. The standard InChI is InChI=1S/C73H132O6/c1-4-7-10-13-16-19-22-25-28-30-31-32-33-34-35-36-37-38-39-40-41-42-43-44-46-48-51-54-57-60-63-66-72(75)78-69-70(68-77-71(74)65-62-59-56-53-50-47-27-24-21-18-15-12-9-6-3)79-73(76)67-64-61-58-55-52-49-45-29-26-23-20-17-14-11-8-5-2/h7,10,16,19,24-25,27-28,31-32,70H,4-6,8-9,11-15,17-18,20-23,26,29-30,33-69H2,1-3H3/b10-7-,19-16-,27-24-,28-25-,32-31-. The van der Waals surface area contributed by atoms with E-state index in [4.69, 9.17) is 14.2 Å². The summed E-state index contributed by atoms with van der Waals surface area (Å²) >= 11 is 0. The van der Waals surface area contributed by atoms with Crippen LogP contribution in [0.5, 0.6) is 0 Å². The monoisotopic (exact) mass is 1110 g/mol. The van der Waals surface area contributed by atoms with Crippen molar-refractivity contribution in [2.24, 2.45) is 0 Å². The van der Waals surface area contributed by atoms with Gasteiger partial charge in [0.05, 0.1) is 0 Å². The molecule has 0 N–H and O–H groups in total. The van der Waals surface area contributed by atoms with Gasteiger partial charge in [0, 0.05) is 19.3 Å². The van der Waals surface area contributed by atoms with Gasteiger partial charge in [0.25, 0.3) is 0 Å². The van der Waals surface area contributed by atoms with Gasteiger partial charge in [-0.05, 0) is 83.5 Å². The Balaban J connectivity index is 4.17. The Morgan fingerprint density at radius 1 is 0.266 bits per heavy atom. The molecule has 0 aromatic heterocycles. The summed E-state index contributed by atoms with van der Waals surface area (Å²) in [5.41, 5.74) is 0. The lowest BCUT2D eigenvalue weighted by Gasteiger charge is -2.18. The zero-order valence-electron chi connectivity index (χ0n) is 52.9. The van der Waals surface area contributed by atoms with E-state index < -0.39 is 6.10 Å². The summed E-state index contributed by atoms with van der Waals surface area (Å²) in [6.07, 6.45) is 86.8. The second-order valence-corrected chi connectivity index (χ2v) is 23.4. The normalized spacial score (nSPS) is 12.4. The largest absolute Gasteiger partial charge is 0.462 e. The van der Waals surface area contributed by atoms with Crippen molar-refractivity contribution < 1.29 is 28.6 Å². The minimum Gasteiger partial charge on any atom is -0.462 e. The van der Waals surface area contributed by atoms with Crippen LogP contribution in [-0.2, 0) is 28.6 Å². The van der Waals surface area contributed by atoms with Gasteiger partial charge in [-0.3, -0.25) is 14.4 Å². The Kier molecular flexibility index (Phi) is 65.1. The number of unbranched alkanes of at least 4 members (excludes halogenated alkanes) is 43. The average Bonchev–Trinajstić information content (AvgIpc) is 3.45. The molecule has 0 amide bonds. The summed E-state index contributed by atoms with van der Waals surface area (Å²) in [7, 11) is 0. The Morgan fingerprint density at radius 3 is 0.785 bits per heavy atom. The lowest BCUT2D eigenvalue weighted by atomic mass is 10.0. The van der Waals surface area contributed by atoms with Gasteiger partial charge in [-0.1, -0.05) is 326 Å². The first-order valence-electron chi connectivity index (χ1n) is 34.8. The van der Waals surface area contributed by atoms with E-state index in [0.717, 1.165) is 89.9 Å². The van der Waals surface area contributed by atoms with Crippen LogP contribution in [0.4, 0.5) is 0 Å².